The van der Waals surface area contributed by atoms with Crippen molar-refractivity contribution in [3.8, 4) is 11.5 Å². The van der Waals surface area contributed by atoms with E-state index in [0.29, 0.717) is 18.7 Å². The summed E-state index contributed by atoms with van der Waals surface area (Å²) in [5.74, 6) is 0.621. The number of fused-ring (bicyclic) bond motifs is 1. The van der Waals surface area contributed by atoms with Crippen LogP contribution in [-0.2, 0) is 24.9 Å². The van der Waals surface area contributed by atoms with Gasteiger partial charge in [-0.25, -0.2) is 0 Å². The molecule has 2 aromatic rings. The average Bonchev–Trinajstić information content (AvgIpc) is 3.02. The maximum Gasteiger partial charge on any atom is 0.161 e. The first kappa shape index (κ1) is 17.5. The van der Waals surface area contributed by atoms with Gasteiger partial charge in [0.1, 0.15) is 0 Å². The van der Waals surface area contributed by atoms with Gasteiger partial charge in [-0.1, -0.05) is 36.4 Å². The number of allylic oxidation sites excluding steroid dienone is 1. The molecule has 0 saturated carbocycles. The van der Waals surface area contributed by atoms with E-state index in [9.17, 15) is 10.2 Å². The SMILES string of the molecule is C=CCc1cc(CNC2(CO)CCc3ccccc32)cc(OC)c1O. The number of phenols is 1. The Kier molecular flexibility index (Phi) is 5.11. The highest BCUT2D eigenvalue weighted by Gasteiger charge is 2.37. The number of aliphatic hydroxyl groups excluding tert-OH is 1. The molecule has 2 aromatic carbocycles. The summed E-state index contributed by atoms with van der Waals surface area (Å²) in [4.78, 5) is 0. The molecular weight excluding hydrogens is 314 g/mol. The van der Waals surface area contributed by atoms with Crippen LogP contribution in [0.1, 0.15) is 28.7 Å². The molecule has 0 aliphatic heterocycles. The van der Waals surface area contributed by atoms with Gasteiger partial charge in [0.15, 0.2) is 11.5 Å². The van der Waals surface area contributed by atoms with E-state index < -0.39 is 5.54 Å². The molecule has 1 unspecified atom stereocenters. The zero-order chi connectivity index (χ0) is 17.9. The highest BCUT2D eigenvalue weighted by atomic mass is 16.5. The molecule has 25 heavy (non-hydrogen) atoms. The fourth-order valence-corrected chi connectivity index (χ4v) is 3.66. The van der Waals surface area contributed by atoms with Gasteiger partial charge in [0.25, 0.3) is 0 Å². The van der Waals surface area contributed by atoms with Gasteiger partial charge in [-0.15, -0.1) is 6.58 Å². The Labute approximate surface area is 148 Å². The number of aromatic hydroxyl groups is 1. The Balaban J connectivity index is 1.86. The lowest BCUT2D eigenvalue weighted by atomic mass is 9.92. The Morgan fingerprint density at radius 1 is 1.32 bits per heavy atom. The minimum Gasteiger partial charge on any atom is -0.504 e. The predicted molar refractivity (Wildman–Crippen MR) is 98.9 cm³/mol. The summed E-state index contributed by atoms with van der Waals surface area (Å²) in [7, 11) is 1.55. The maximum absolute atomic E-state index is 10.2. The predicted octanol–water partition coefficient (Wildman–Crippen LogP) is 3.05. The Morgan fingerprint density at radius 2 is 2.12 bits per heavy atom. The first-order chi connectivity index (χ1) is 12.1. The third-order valence-corrected chi connectivity index (χ3v) is 5.05. The number of phenolic OH excluding ortho intramolecular Hbond substituents is 1. The zero-order valence-corrected chi connectivity index (χ0v) is 14.6. The van der Waals surface area contributed by atoms with Crippen molar-refractivity contribution >= 4 is 0 Å². The monoisotopic (exact) mass is 339 g/mol. The standard InChI is InChI=1S/C21H25NO3/c1-3-6-17-11-15(12-19(25-2)20(17)24)13-22-21(14-23)10-9-16-7-4-5-8-18(16)21/h3-5,7-8,11-12,22-24H,1,6,9-10,13-14H2,2H3. The Morgan fingerprint density at radius 3 is 2.84 bits per heavy atom. The molecule has 132 valence electrons. The van der Waals surface area contributed by atoms with E-state index in [0.717, 1.165) is 24.0 Å². The van der Waals surface area contributed by atoms with Gasteiger partial charge in [-0.2, -0.15) is 0 Å². The second kappa shape index (κ2) is 7.30. The number of nitrogens with one attached hydrogen (secondary N) is 1. The minimum absolute atomic E-state index is 0.0543. The van der Waals surface area contributed by atoms with Crippen LogP contribution in [-0.4, -0.2) is 23.9 Å². The van der Waals surface area contributed by atoms with E-state index >= 15 is 0 Å². The molecule has 3 rings (SSSR count). The molecular formula is C21H25NO3. The molecule has 0 amide bonds. The van der Waals surface area contributed by atoms with Crippen LogP contribution in [0.25, 0.3) is 0 Å². The van der Waals surface area contributed by atoms with Crippen molar-refractivity contribution in [2.45, 2.75) is 31.3 Å². The first-order valence-electron chi connectivity index (χ1n) is 8.57. The van der Waals surface area contributed by atoms with E-state index in [1.807, 2.05) is 24.3 Å². The number of ether oxygens (including phenoxy) is 1. The fourth-order valence-electron chi connectivity index (χ4n) is 3.66. The van der Waals surface area contributed by atoms with Gasteiger partial charge in [-0.05, 0) is 42.0 Å². The van der Waals surface area contributed by atoms with Crippen molar-refractivity contribution in [2.24, 2.45) is 0 Å². The summed E-state index contributed by atoms with van der Waals surface area (Å²) >= 11 is 0. The van der Waals surface area contributed by atoms with Crippen molar-refractivity contribution in [2.75, 3.05) is 13.7 Å². The number of benzene rings is 2. The molecule has 0 bridgehead atoms. The lowest BCUT2D eigenvalue weighted by Gasteiger charge is -2.30. The zero-order valence-electron chi connectivity index (χ0n) is 14.6. The minimum atomic E-state index is -0.416. The largest absolute Gasteiger partial charge is 0.504 e. The summed E-state index contributed by atoms with van der Waals surface area (Å²) in [6.45, 7) is 4.37. The molecule has 1 aliphatic rings. The van der Waals surface area contributed by atoms with Gasteiger partial charge < -0.3 is 20.3 Å². The molecule has 0 fully saturated rings. The third-order valence-electron chi connectivity index (χ3n) is 5.05. The number of aryl methyl sites for hydroxylation is 1. The molecule has 0 spiro atoms. The number of aliphatic hydroxyl groups is 1. The van der Waals surface area contributed by atoms with Crippen LogP contribution >= 0.6 is 0 Å². The quantitative estimate of drug-likeness (QED) is 0.679. The number of hydrogen-bond acceptors (Lipinski definition) is 4. The van der Waals surface area contributed by atoms with Gasteiger partial charge >= 0.3 is 0 Å². The van der Waals surface area contributed by atoms with Gasteiger partial charge in [0.2, 0.25) is 0 Å². The van der Waals surface area contributed by atoms with Gasteiger partial charge in [0, 0.05) is 12.1 Å². The molecule has 0 aromatic heterocycles. The molecule has 0 heterocycles. The normalized spacial score (nSPS) is 18.8. The van der Waals surface area contributed by atoms with E-state index in [2.05, 4.69) is 24.0 Å². The number of rotatable bonds is 7. The average molecular weight is 339 g/mol. The van der Waals surface area contributed by atoms with Crippen LogP contribution < -0.4 is 10.1 Å². The highest BCUT2D eigenvalue weighted by molar-refractivity contribution is 5.49. The van der Waals surface area contributed by atoms with Gasteiger partial charge in [0.05, 0.1) is 19.3 Å². The van der Waals surface area contributed by atoms with Crippen molar-refractivity contribution < 1.29 is 14.9 Å². The van der Waals surface area contributed by atoms with Crippen LogP contribution in [0, 0.1) is 0 Å². The molecule has 0 saturated heterocycles. The molecule has 4 heteroatoms. The topological polar surface area (TPSA) is 61.7 Å². The maximum atomic E-state index is 10.2. The summed E-state index contributed by atoms with van der Waals surface area (Å²) < 4.78 is 5.29. The van der Waals surface area contributed by atoms with Crippen molar-refractivity contribution in [3.63, 3.8) is 0 Å². The second-order valence-electron chi connectivity index (χ2n) is 6.55. The van der Waals surface area contributed by atoms with Crippen molar-refractivity contribution in [1.82, 2.24) is 5.32 Å². The highest BCUT2D eigenvalue weighted by Crippen LogP contribution is 2.37. The Bertz CT molecular complexity index is 772. The van der Waals surface area contributed by atoms with Crippen molar-refractivity contribution in [3.05, 3.63) is 71.3 Å². The van der Waals surface area contributed by atoms with Crippen LogP contribution in [0.5, 0.6) is 11.5 Å². The number of methoxy groups -OCH3 is 1. The van der Waals surface area contributed by atoms with E-state index in [-0.39, 0.29) is 12.4 Å². The smallest absolute Gasteiger partial charge is 0.161 e. The summed E-state index contributed by atoms with van der Waals surface area (Å²) in [6.07, 6.45) is 4.17. The molecule has 1 aliphatic carbocycles. The number of hydrogen-bond donors (Lipinski definition) is 3. The summed E-state index contributed by atoms with van der Waals surface area (Å²) in [5, 5.41) is 23.8. The van der Waals surface area contributed by atoms with Crippen molar-refractivity contribution in [1.29, 1.82) is 0 Å². The second-order valence-corrected chi connectivity index (χ2v) is 6.55. The third kappa shape index (κ3) is 3.28. The summed E-state index contributed by atoms with van der Waals surface area (Å²) in [6, 6.07) is 12.1. The first-order valence-corrected chi connectivity index (χ1v) is 8.57. The lowest BCUT2D eigenvalue weighted by molar-refractivity contribution is 0.159. The van der Waals surface area contributed by atoms with Crippen LogP contribution in [0.4, 0.5) is 0 Å². The molecule has 4 nitrogen and oxygen atoms in total. The van der Waals surface area contributed by atoms with Crippen LogP contribution in [0.15, 0.2) is 49.1 Å². The molecule has 3 N–H and O–H groups in total. The van der Waals surface area contributed by atoms with Gasteiger partial charge in [-0.3, -0.25) is 0 Å². The fraction of sp³-hybridized carbons (Fsp3) is 0.333. The van der Waals surface area contributed by atoms with E-state index in [4.69, 9.17) is 4.74 Å². The van der Waals surface area contributed by atoms with E-state index in [1.165, 1.54) is 11.1 Å². The lowest BCUT2D eigenvalue weighted by Crippen LogP contribution is -2.43. The Hall–Kier alpha value is -2.30. The molecule has 0 radical (unpaired) electrons. The van der Waals surface area contributed by atoms with E-state index in [1.54, 1.807) is 13.2 Å². The summed E-state index contributed by atoms with van der Waals surface area (Å²) in [5.41, 5.74) is 3.84. The molecule has 1 atom stereocenters. The van der Waals surface area contributed by atoms with Crippen LogP contribution in [0.2, 0.25) is 0 Å². The van der Waals surface area contributed by atoms with Crippen LogP contribution in [0.3, 0.4) is 0 Å².